The van der Waals surface area contributed by atoms with Crippen LogP contribution in [0.5, 0.6) is 0 Å². The predicted octanol–water partition coefficient (Wildman–Crippen LogP) is 2.45. The molecule has 0 bridgehead atoms. The second kappa shape index (κ2) is 5.27. The topological polar surface area (TPSA) is 63.7 Å². The van der Waals surface area contributed by atoms with Gasteiger partial charge in [-0.2, -0.15) is 13.2 Å². The van der Waals surface area contributed by atoms with E-state index in [2.05, 4.69) is 0 Å². The van der Waals surface area contributed by atoms with Crippen LogP contribution in [0.15, 0.2) is 11.0 Å². The highest BCUT2D eigenvalue weighted by atomic mass is 32.2. The zero-order valence-electron chi connectivity index (χ0n) is 11.3. The minimum atomic E-state index is -5.31. The summed E-state index contributed by atoms with van der Waals surface area (Å²) in [7, 11) is -5.30. The molecule has 20 heavy (non-hydrogen) atoms. The van der Waals surface area contributed by atoms with Crippen LogP contribution in [0, 0.1) is 0 Å². The van der Waals surface area contributed by atoms with E-state index in [-0.39, 0.29) is 19.5 Å². The lowest BCUT2D eigenvalue weighted by Gasteiger charge is -2.29. The third kappa shape index (κ3) is 3.87. The van der Waals surface area contributed by atoms with E-state index in [4.69, 9.17) is 4.74 Å². The van der Waals surface area contributed by atoms with Crippen molar-refractivity contribution in [1.82, 2.24) is 4.90 Å². The van der Waals surface area contributed by atoms with Crippen molar-refractivity contribution < 1.29 is 31.1 Å². The summed E-state index contributed by atoms with van der Waals surface area (Å²) in [6.45, 7) is 4.62. The Bertz CT molecular complexity index is 517. The van der Waals surface area contributed by atoms with Crippen molar-refractivity contribution in [2.24, 2.45) is 0 Å². The van der Waals surface area contributed by atoms with Crippen molar-refractivity contribution in [3.05, 3.63) is 11.0 Å². The lowest BCUT2D eigenvalue weighted by Crippen LogP contribution is -2.40. The fourth-order valence-corrected chi connectivity index (χ4v) is 2.49. The van der Waals surface area contributed by atoms with Gasteiger partial charge in [0.05, 0.1) is 4.91 Å². The number of hydrogen-bond acceptors (Lipinski definition) is 4. The lowest BCUT2D eigenvalue weighted by atomic mass is 10.2. The molecule has 0 spiro atoms. The first-order valence-corrected chi connectivity index (χ1v) is 7.31. The van der Waals surface area contributed by atoms with Gasteiger partial charge in [-0.15, -0.1) is 0 Å². The van der Waals surface area contributed by atoms with E-state index < -0.39 is 31.9 Å². The third-order valence-corrected chi connectivity index (χ3v) is 4.14. The summed E-state index contributed by atoms with van der Waals surface area (Å²) in [5.74, 6) is 0. The molecular formula is C11H16F3NO4S. The number of carbonyl (C=O) groups is 1. The van der Waals surface area contributed by atoms with E-state index >= 15 is 0 Å². The molecule has 0 aromatic heterocycles. The summed E-state index contributed by atoms with van der Waals surface area (Å²) in [6.07, 6.45) is -0.158. The zero-order chi connectivity index (χ0) is 15.8. The largest absolute Gasteiger partial charge is 0.501 e. The van der Waals surface area contributed by atoms with Crippen LogP contribution in [0.1, 0.15) is 27.2 Å². The highest BCUT2D eigenvalue weighted by molar-refractivity contribution is 7.96. The van der Waals surface area contributed by atoms with Crippen LogP contribution in [0.3, 0.4) is 0 Å². The average Bonchev–Trinajstić information content (AvgIpc) is 2.25. The summed E-state index contributed by atoms with van der Waals surface area (Å²) in [5.41, 5.74) is -6.04. The van der Waals surface area contributed by atoms with Crippen LogP contribution < -0.4 is 0 Å². The summed E-state index contributed by atoms with van der Waals surface area (Å²) in [4.78, 5) is 12.1. The highest BCUT2D eigenvalue weighted by Gasteiger charge is 2.48. The van der Waals surface area contributed by atoms with E-state index in [1.54, 1.807) is 20.8 Å². The normalized spacial score (nSPS) is 17.7. The number of amides is 1. The molecule has 0 radical (unpaired) electrons. The van der Waals surface area contributed by atoms with Gasteiger partial charge in [0.15, 0.2) is 0 Å². The van der Waals surface area contributed by atoms with Crippen molar-refractivity contribution >= 4 is 15.9 Å². The van der Waals surface area contributed by atoms with E-state index in [0.29, 0.717) is 0 Å². The van der Waals surface area contributed by atoms with Crippen LogP contribution >= 0.6 is 0 Å². The van der Waals surface area contributed by atoms with Gasteiger partial charge >= 0.3 is 11.6 Å². The van der Waals surface area contributed by atoms with Gasteiger partial charge in [-0.05, 0) is 20.8 Å². The Morgan fingerprint density at radius 1 is 1.30 bits per heavy atom. The number of hydrogen-bond donors (Lipinski definition) is 0. The first kappa shape index (κ1) is 16.8. The fourth-order valence-electron chi connectivity index (χ4n) is 1.54. The van der Waals surface area contributed by atoms with Crippen LogP contribution in [0.2, 0.25) is 0 Å². The van der Waals surface area contributed by atoms with Crippen LogP contribution in [-0.2, 0) is 14.6 Å². The standard InChI is InChI=1S/C11H16F3NO4S/c1-10(2,3)19-9(16)15-6-4-8(5-7-15)20(17,18)11(12,13)14/h4H,5-7H2,1-3H3. The maximum atomic E-state index is 12.4. The summed E-state index contributed by atoms with van der Waals surface area (Å²) in [5, 5.41) is 0. The maximum Gasteiger partial charge on any atom is 0.501 e. The quantitative estimate of drug-likeness (QED) is 0.745. The molecule has 0 aliphatic carbocycles. The van der Waals surface area contributed by atoms with Crippen molar-refractivity contribution in [3.8, 4) is 0 Å². The summed E-state index contributed by atoms with van der Waals surface area (Å²) >= 11 is 0. The Labute approximate surface area is 115 Å². The number of carbonyl (C=O) groups excluding carboxylic acids is 1. The Morgan fingerprint density at radius 3 is 2.20 bits per heavy atom. The molecular weight excluding hydrogens is 299 g/mol. The average molecular weight is 315 g/mol. The molecule has 0 saturated heterocycles. The fraction of sp³-hybridized carbons (Fsp3) is 0.727. The van der Waals surface area contributed by atoms with Crippen molar-refractivity contribution in [3.63, 3.8) is 0 Å². The Hall–Kier alpha value is -1.25. The molecule has 5 nitrogen and oxygen atoms in total. The van der Waals surface area contributed by atoms with Gasteiger partial charge in [0.2, 0.25) is 0 Å². The first-order valence-electron chi connectivity index (χ1n) is 5.83. The number of alkyl halides is 3. The number of ether oxygens (including phenoxy) is 1. The minimum Gasteiger partial charge on any atom is -0.444 e. The zero-order valence-corrected chi connectivity index (χ0v) is 12.1. The number of rotatable bonds is 1. The second-order valence-corrected chi connectivity index (χ2v) is 7.29. The molecule has 0 unspecified atom stereocenters. The molecule has 0 N–H and O–H groups in total. The summed E-state index contributed by atoms with van der Waals surface area (Å²) < 4.78 is 64.5. The van der Waals surface area contributed by atoms with E-state index in [0.717, 1.165) is 11.0 Å². The summed E-state index contributed by atoms with van der Waals surface area (Å²) in [6, 6.07) is 0. The van der Waals surface area contributed by atoms with Gasteiger partial charge in [0, 0.05) is 19.5 Å². The van der Waals surface area contributed by atoms with Gasteiger partial charge in [-0.1, -0.05) is 6.08 Å². The molecule has 1 rings (SSSR count). The van der Waals surface area contributed by atoms with E-state index in [9.17, 15) is 26.4 Å². The predicted molar refractivity (Wildman–Crippen MR) is 65.5 cm³/mol. The molecule has 0 saturated carbocycles. The Morgan fingerprint density at radius 2 is 1.85 bits per heavy atom. The van der Waals surface area contributed by atoms with Gasteiger partial charge < -0.3 is 9.64 Å². The van der Waals surface area contributed by atoms with Gasteiger partial charge in [-0.3, -0.25) is 0 Å². The number of sulfone groups is 1. The second-order valence-electron chi connectivity index (χ2n) is 5.30. The molecule has 9 heteroatoms. The molecule has 1 aliphatic heterocycles. The van der Waals surface area contributed by atoms with E-state index in [1.807, 2.05) is 0 Å². The highest BCUT2D eigenvalue weighted by Crippen LogP contribution is 2.32. The minimum absolute atomic E-state index is 0.129. The molecule has 1 heterocycles. The molecule has 0 aromatic rings. The van der Waals surface area contributed by atoms with Crippen LogP contribution in [-0.4, -0.2) is 43.6 Å². The monoisotopic (exact) mass is 315 g/mol. The van der Waals surface area contributed by atoms with Crippen molar-refractivity contribution in [1.29, 1.82) is 0 Å². The van der Waals surface area contributed by atoms with Crippen LogP contribution in [0.4, 0.5) is 18.0 Å². The molecule has 0 fully saturated rings. The third-order valence-electron chi connectivity index (χ3n) is 2.47. The Balaban J connectivity index is 2.79. The van der Waals surface area contributed by atoms with Crippen molar-refractivity contribution in [2.75, 3.05) is 13.1 Å². The van der Waals surface area contributed by atoms with Crippen LogP contribution in [0.25, 0.3) is 0 Å². The van der Waals surface area contributed by atoms with Gasteiger partial charge in [0.1, 0.15) is 5.60 Å². The SMILES string of the molecule is CC(C)(C)OC(=O)N1CC=C(S(=O)(=O)C(F)(F)F)CC1. The first-order chi connectivity index (χ1) is 8.84. The number of nitrogens with zero attached hydrogens (tertiary/aromatic N) is 1. The van der Waals surface area contributed by atoms with Crippen molar-refractivity contribution in [2.45, 2.75) is 38.3 Å². The molecule has 1 amide bonds. The Kier molecular flexibility index (Phi) is 4.42. The maximum absolute atomic E-state index is 12.4. The van der Waals surface area contributed by atoms with Gasteiger partial charge in [0.25, 0.3) is 9.84 Å². The molecule has 0 aromatic carbocycles. The van der Waals surface area contributed by atoms with Gasteiger partial charge in [-0.25, -0.2) is 13.2 Å². The molecule has 0 atom stereocenters. The number of halogens is 3. The molecule has 1 aliphatic rings. The lowest BCUT2D eigenvalue weighted by molar-refractivity contribution is -0.0428. The smallest absolute Gasteiger partial charge is 0.444 e. The van der Waals surface area contributed by atoms with E-state index in [1.165, 1.54) is 0 Å². The molecule has 116 valence electrons.